The number of aliphatic imine (C=N–C) groups is 1. The van der Waals surface area contributed by atoms with Crippen LogP contribution in [0.15, 0.2) is 17.1 Å². The monoisotopic (exact) mass is 264 g/mol. The van der Waals surface area contributed by atoms with Crippen LogP contribution < -0.4 is 16.8 Å². The number of aromatic hydroxyl groups is 2. The molecule has 2 rings (SSSR count). The second kappa shape index (κ2) is 5.79. The maximum absolute atomic E-state index is 9.60. The van der Waals surface area contributed by atoms with Gasteiger partial charge in [0.2, 0.25) is 0 Å². The van der Waals surface area contributed by atoms with Crippen molar-refractivity contribution in [2.75, 3.05) is 13.1 Å². The number of fused-ring (bicyclic) bond motifs is 1. The van der Waals surface area contributed by atoms with E-state index in [4.69, 9.17) is 11.5 Å². The van der Waals surface area contributed by atoms with E-state index in [2.05, 4.69) is 10.3 Å². The van der Waals surface area contributed by atoms with Gasteiger partial charge in [-0.15, -0.1) is 0 Å². The molecule has 1 heterocycles. The predicted octanol–water partition coefficient (Wildman–Crippen LogP) is 0.338. The highest BCUT2D eigenvalue weighted by Gasteiger charge is 2.21. The first-order valence-corrected chi connectivity index (χ1v) is 6.41. The zero-order valence-electron chi connectivity index (χ0n) is 10.8. The van der Waals surface area contributed by atoms with Gasteiger partial charge >= 0.3 is 0 Å². The molecular formula is C13H20N4O2. The number of nitrogens with one attached hydrogen (secondary N) is 1. The number of phenols is 2. The number of rotatable bonds is 4. The maximum Gasteiger partial charge on any atom is 0.185 e. The van der Waals surface area contributed by atoms with Crippen LogP contribution >= 0.6 is 0 Å². The molecule has 0 spiro atoms. The highest BCUT2D eigenvalue weighted by atomic mass is 16.3. The van der Waals surface area contributed by atoms with Crippen LogP contribution in [0.1, 0.15) is 30.0 Å². The van der Waals surface area contributed by atoms with Gasteiger partial charge in [-0.05, 0) is 49.1 Å². The lowest BCUT2D eigenvalue weighted by molar-refractivity contribution is 0.396. The third-order valence-corrected chi connectivity index (χ3v) is 3.34. The van der Waals surface area contributed by atoms with Crippen LogP contribution in [0.4, 0.5) is 0 Å². The molecule has 1 unspecified atom stereocenters. The maximum atomic E-state index is 9.60. The Morgan fingerprint density at radius 3 is 2.79 bits per heavy atom. The molecule has 0 fully saturated rings. The quantitative estimate of drug-likeness (QED) is 0.233. The number of nitrogens with zero attached hydrogens (tertiary/aromatic N) is 1. The summed E-state index contributed by atoms with van der Waals surface area (Å²) >= 11 is 0. The third-order valence-electron chi connectivity index (χ3n) is 3.34. The molecule has 0 amide bonds. The molecule has 0 aromatic heterocycles. The molecule has 7 N–H and O–H groups in total. The van der Waals surface area contributed by atoms with Crippen molar-refractivity contribution in [1.82, 2.24) is 5.32 Å². The Bertz CT molecular complexity index is 484. The van der Waals surface area contributed by atoms with Crippen molar-refractivity contribution in [2.45, 2.75) is 25.3 Å². The summed E-state index contributed by atoms with van der Waals surface area (Å²) in [6.45, 7) is 1.46. The van der Waals surface area contributed by atoms with Crippen molar-refractivity contribution in [3.05, 3.63) is 23.3 Å². The van der Waals surface area contributed by atoms with Crippen molar-refractivity contribution in [3.63, 3.8) is 0 Å². The van der Waals surface area contributed by atoms with Crippen LogP contribution in [0.2, 0.25) is 0 Å². The second-order valence-electron chi connectivity index (χ2n) is 4.75. The molecule has 1 aliphatic rings. The van der Waals surface area contributed by atoms with E-state index in [1.165, 1.54) is 0 Å². The van der Waals surface area contributed by atoms with Gasteiger partial charge in [-0.1, -0.05) is 0 Å². The first-order chi connectivity index (χ1) is 9.08. The Morgan fingerprint density at radius 2 is 2.05 bits per heavy atom. The Labute approximate surface area is 112 Å². The number of guanidine groups is 1. The molecule has 19 heavy (non-hydrogen) atoms. The summed E-state index contributed by atoms with van der Waals surface area (Å²) in [7, 11) is 0. The van der Waals surface area contributed by atoms with Gasteiger partial charge in [0, 0.05) is 12.6 Å². The second-order valence-corrected chi connectivity index (χ2v) is 4.75. The molecule has 0 aliphatic carbocycles. The van der Waals surface area contributed by atoms with Crippen LogP contribution in [0.5, 0.6) is 11.5 Å². The molecule has 0 bridgehead atoms. The van der Waals surface area contributed by atoms with Gasteiger partial charge in [-0.2, -0.15) is 0 Å². The van der Waals surface area contributed by atoms with E-state index in [-0.39, 0.29) is 23.5 Å². The Morgan fingerprint density at radius 1 is 1.32 bits per heavy atom. The van der Waals surface area contributed by atoms with Crippen molar-refractivity contribution in [2.24, 2.45) is 16.5 Å². The van der Waals surface area contributed by atoms with E-state index in [1.807, 2.05) is 0 Å². The fourth-order valence-electron chi connectivity index (χ4n) is 2.43. The number of hydrogen-bond acceptors (Lipinski definition) is 4. The van der Waals surface area contributed by atoms with Gasteiger partial charge in [0.15, 0.2) is 17.5 Å². The zero-order chi connectivity index (χ0) is 13.8. The minimum atomic E-state index is -0.0725. The average Bonchev–Trinajstić information content (AvgIpc) is 2.36. The molecule has 1 aliphatic heterocycles. The minimum absolute atomic E-state index is 0.0556. The van der Waals surface area contributed by atoms with E-state index in [9.17, 15) is 10.2 Å². The fraction of sp³-hybridized carbons (Fsp3) is 0.462. The first kappa shape index (κ1) is 13.5. The smallest absolute Gasteiger partial charge is 0.185 e. The largest absolute Gasteiger partial charge is 0.504 e. The summed E-state index contributed by atoms with van der Waals surface area (Å²) < 4.78 is 0. The van der Waals surface area contributed by atoms with Gasteiger partial charge in [0.25, 0.3) is 0 Å². The van der Waals surface area contributed by atoms with Crippen molar-refractivity contribution >= 4 is 5.96 Å². The van der Waals surface area contributed by atoms with Crippen LogP contribution in [0.3, 0.4) is 0 Å². The number of benzene rings is 1. The van der Waals surface area contributed by atoms with Crippen molar-refractivity contribution in [3.8, 4) is 11.5 Å². The molecule has 0 radical (unpaired) electrons. The fourth-order valence-corrected chi connectivity index (χ4v) is 2.43. The normalized spacial score (nSPS) is 17.8. The predicted molar refractivity (Wildman–Crippen MR) is 74.1 cm³/mol. The average molecular weight is 264 g/mol. The Kier molecular flexibility index (Phi) is 4.11. The van der Waals surface area contributed by atoms with Crippen LogP contribution in [-0.4, -0.2) is 29.3 Å². The van der Waals surface area contributed by atoms with Gasteiger partial charge in [-0.25, -0.2) is 0 Å². The summed E-state index contributed by atoms with van der Waals surface area (Å²) in [5, 5.41) is 22.5. The van der Waals surface area contributed by atoms with E-state index in [0.29, 0.717) is 6.54 Å². The number of phenolic OH excluding ortho intramolecular Hbond substituents is 2. The Hall–Kier alpha value is -1.95. The standard InChI is InChI=1S/C13H20N4O2/c14-13(15)17-4-1-2-10-9-7-12(19)11(18)6-8(9)3-5-16-10/h6-7,10,16,18-19H,1-5H2,(H4,14,15,17). The summed E-state index contributed by atoms with van der Waals surface area (Å²) in [5.74, 6) is -0.0175. The molecule has 104 valence electrons. The molecule has 1 aromatic carbocycles. The third kappa shape index (κ3) is 3.29. The van der Waals surface area contributed by atoms with E-state index in [0.717, 1.165) is 36.9 Å². The molecular weight excluding hydrogens is 244 g/mol. The zero-order valence-corrected chi connectivity index (χ0v) is 10.8. The van der Waals surface area contributed by atoms with Gasteiger partial charge < -0.3 is 27.0 Å². The summed E-state index contributed by atoms with van der Waals surface area (Å²) in [5.41, 5.74) is 12.7. The van der Waals surface area contributed by atoms with Gasteiger partial charge in [0.1, 0.15) is 0 Å². The topological polar surface area (TPSA) is 117 Å². The lowest BCUT2D eigenvalue weighted by atomic mass is 9.91. The highest BCUT2D eigenvalue weighted by Crippen LogP contribution is 2.35. The molecule has 0 saturated heterocycles. The van der Waals surface area contributed by atoms with Gasteiger partial charge in [-0.3, -0.25) is 4.99 Å². The number of nitrogens with two attached hydrogens (primary N) is 2. The van der Waals surface area contributed by atoms with Crippen LogP contribution in [0, 0.1) is 0 Å². The lowest BCUT2D eigenvalue weighted by Crippen LogP contribution is -2.30. The van der Waals surface area contributed by atoms with Crippen LogP contribution in [-0.2, 0) is 6.42 Å². The molecule has 6 nitrogen and oxygen atoms in total. The highest BCUT2D eigenvalue weighted by molar-refractivity contribution is 5.75. The van der Waals surface area contributed by atoms with E-state index < -0.39 is 0 Å². The number of hydrogen-bond donors (Lipinski definition) is 5. The summed E-state index contributed by atoms with van der Waals surface area (Å²) in [4.78, 5) is 3.95. The molecule has 0 saturated carbocycles. The van der Waals surface area contributed by atoms with E-state index >= 15 is 0 Å². The van der Waals surface area contributed by atoms with Crippen LogP contribution in [0.25, 0.3) is 0 Å². The lowest BCUT2D eigenvalue weighted by Gasteiger charge is -2.27. The minimum Gasteiger partial charge on any atom is -0.504 e. The molecule has 6 heteroatoms. The summed E-state index contributed by atoms with van der Waals surface area (Å²) in [6.07, 6.45) is 2.60. The first-order valence-electron chi connectivity index (χ1n) is 6.41. The molecule has 1 atom stereocenters. The van der Waals surface area contributed by atoms with E-state index in [1.54, 1.807) is 12.1 Å². The van der Waals surface area contributed by atoms with Gasteiger partial charge in [0.05, 0.1) is 0 Å². The SMILES string of the molecule is NC(N)=NCCCC1NCCc2cc(O)c(O)cc21. The van der Waals surface area contributed by atoms with Crippen molar-refractivity contribution in [1.29, 1.82) is 0 Å². The van der Waals surface area contributed by atoms with Crippen molar-refractivity contribution < 1.29 is 10.2 Å². The summed E-state index contributed by atoms with van der Waals surface area (Å²) in [6, 6.07) is 3.46. The molecule has 1 aromatic rings. The Balaban J connectivity index is 2.05.